The quantitative estimate of drug-likeness (QED) is 0.650. The zero-order chi connectivity index (χ0) is 15.0. The smallest absolute Gasteiger partial charge is 0.0138 e. The van der Waals surface area contributed by atoms with Crippen molar-refractivity contribution in [3.8, 4) is 0 Å². The van der Waals surface area contributed by atoms with E-state index in [2.05, 4.69) is 70.4 Å². The predicted octanol–water partition coefficient (Wildman–Crippen LogP) is 5.23. The molecule has 0 amide bonds. The summed E-state index contributed by atoms with van der Waals surface area (Å²) in [6.45, 7) is 9.38. The van der Waals surface area contributed by atoms with Crippen molar-refractivity contribution in [1.82, 2.24) is 5.32 Å². The molecule has 1 rings (SSSR count). The summed E-state index contributed by atoms with van der Waals surface area (Å²) in [6.07, 6.45) is 5.13. The Morgan fingerprint density at radius 2 is 1.70 bits per heavy atom. The van der Waals surface area contributed by atoms with Gasteiger partial charge < -0.3 is 5.32 Å². The van der Waals surface area contributed by atoms with Crippen molar-refractivity contribution in [2.45, 2.75) is 65.3 Å². The zero-order valence-electron chi connectivity index (χ0n) is 14.0. The van der Waals surface area contributed by atoms with E-state index < -0.39 is 0 Å². The third kappa shape index (κ3) is 4.94. The molecule has 0 aliphatic heterocycles. The maximum absolute atomic E-state index is 3.61. The second kappa shape index (κ2) is 9.18. The van der Waals surface area contributed by atoms with E-state index in [1.54, 1.807) is 0 Å². The van der Waals surface area contributed by atoms with E-state index in [1.807, 2.05) is 0 Å². The lowest BCUT2D eigenvalue weighted by Gasteiger charge is -2.33. The Kier molecular flexibility index (Phi) is 7.91. The van der Waals surface area contributed by atoms with E-state index in [4.69, 9.17) is 0 Å². The predicted molar refractivity (Wildman–Crippen MR) is 90.2 cm³/mol. The summed E-state index contributed by atoms with van der Waals surface area (Å²) in [4.78, 5) is 0. The van der Waals surface area contributed by atoms with Crippen molar-refractivity contribution in [3.05, 3.63) is 35.9 Å². The second-order valence-corrected chi connectivity index (χ2v) is 6.35. The highest BCUT2D eigenvalue weighted by atomic mass is 14.9. The molecular weight excluding hydrogens is 242 g/mol. The number of hydrogen-bond acceptors (Lipinski definition) is 1. The Morgan fingerprint density at radius 3 is 2.20 bits per heavy atom. The van der Waals surface area contributed by atoms with Gasteiger partial charge in [-0.25, -0.2) is 0 Å². The molecule has 20 heavy (non-hydrogen) atoms. The summed E-state index contributed by atoms with van der Waals surface area (Å²) < 4.78 is 0. The van der Waals surface area contributed by atoms with Crippen LogP contribution in [0.5, 0.6) is 0 Å². The van der Waals surface area contributed by atoms with Gasteiger partial charge in [0.15, 0.2) is 0 Å². The van der Waals surface area contributed by atoms with Crippen LogP contribution in [0.2, 0.25) is 0 Å². The third-order valence-electron chi connectivity index (χ3n) is 4.68. The lowest BCUT2D eigenvalue weighted by atomic mass is 9.77. The molecule has 0 aromatic heterocycles. The van der Waals surface area contributed by atoms with E-state index >= 15 is 0 Å². The van der Waals surface area contributed by atoms with Crippen LogP contribution in [0.25, 0.3) is 0 Å². The fraction of sp³-hybridized carbons (Fsp3) is 0.684. The van der Waals surface area contributed by atoms with Crippen LogP contribution >= 0.6 is 0 Å². The van der Waals surface area contributed by atoms with Gasteiger partial charge in [-0.05, 0) is 30.9 Å². The van der Waals surface area contributed by atoms with Crippen LogP contribution in [0.15, 0.2) is 30.3 Å². The van der Waals surface area contributed by atoms with Crippen molar-refractivity contribution >= 4 is 0 Å². The van der Waals surface area contributed by atoms with Crippen molar-refractivity contribution in [2.75, 3.05) is 7.05 Å². The highest BCUT2D eigenvalue weighted by molar-refractivity contribution is 5.22. The van der Waals surface area contributed by atoms with Gasteiger partial charge in [-0.1, -0.05) is 77.3 Å². The van der Waals surface area contributed by atoms with E-state index in [1.165, 1.54) is 31.2 Å². The van der Waals surface area contributed by atoms with Gasteiger partial charge in [0.1, 0.15) is 0 Å². The molecular formula is C19H33N. The molecule has 0 heterocycles. The third-order valence-corrected chi connectivity index (χ3v) is 4.68. The molecule has 4 unspecified atom stereocenters. The van der Waals surface area contributed by atoms with E-state index in [-0.39, 0.29) is 0 Å². The first-order valence-corrected chi connectivity index (χ1v) is 8.36. The molecule has 1 N–H and O–H groups in total. The number of hydrogen-bond donors (Lipinski definition) is 1. The minimum atomic E-state index is 0.578. The number of nitrogens with one attached hydrogen (secondary N) is 1. The number of benzene rings is 1. The first kappa shape index (κ1) is 17.2. The van der Waals surface area contributed by atoms with Gasteiger partial charge in [-0.2, -0.15) is 0 Å². The highest BCUT2D eigenvalue weighted by Crippen LogP contribution is 2.33. The molecule has 0 saturated heterocycles. The van der Waals surface area contributed by atoms with Gasteiger partial charge in [-0.15, -0.1) is 0 Å². The molecule has 1 aromatic rings. The summed E-state index contributed by atoms with van der Waals surface area (Å²) in [5, 5.41) is 3.61. The molecule has 0 fully saturated rings. The monoisotopic (exact) mass is 275 g/mol. The van der Waals surface area contributed by atoms with E-state index in [9.17, 15) is 0 Å². The minimum absolute atomic E-state index is 0.578. The van der Waals surface area contributed by atoms with Gasteiger partial charge in [0.25, 0.3) is 0 Å². The molecule has 4 atom stereocenters. The largest absolute Gasteiger partial charge is 0.316 e. The minimum Gasteiger partial charge on any atom is -0.316 e. The Hall–Kier alpha value is -0.820. The zero-order valence-corrected chi connectivity index (χ0v) is 14.0. The molecule has 0 bridgehead atoms. The van der Waals surface area contributed by atoms with Gasteiger partial charge in [0, 0.05) is 12.0 Å². The topological polar surface area (TPSA) is 12.0 Å². The van der Waals surface area contributed by atoms with Gasteiger partial charge in [0.05, 0.1) is 0 Å². The van der Waals surface area contributed by atoms with Crippen LogP contribution in [0, 0.1) is 11.8 Å². The molecule has 1 aromatic carbocycles. The second-order valence-electron chi connectivity index (χ2n) is 6.35. The molecule has 0 aliphatic carbocycles. The van der Waals surface area contributed by atoms with Crippen LogP contribution in [0.4, 0.5) is 0 Å². The maximum atomic E-state index is 3.61. The molecule has 1 nitrogen and oxygen atoms in total. The van der Waals surface area contributed by atoms with Crippen LogP contribution in [-0.2, 0) is 0 Å². The van der Waals surface area contributed by atoms with Crippen molar-refractivity contribution in [2.24, 2.45) is 11.8 Å². The van der Waals surface area contributed by atoms with E-state index in [0.29, 0.717) is 17.9 Å². The van der Waals surface area contributed by atoms with Crippen molar-refractivity contribution in [1.29, 1.82) is 0 Å². The SMILES string of the molecule is CCCC(C)CC(NC)C(c1ccccc1)C(C)CC. The maximum Gasteiger partial charge on any atom is 0.0138 e. The van der Waals surface area contributed by atoms with Gasteiger partial charge in [0.2, 0.25) is 0 Å². The Labute approximate surface area is 126 Å². The normalized spacial score (nSPS) is 17.4. The van der Waals surface area contributed by atoms with Crippen molar-refractivity contribution < 1.29 is 0 Å². The Bertz CT molecular complexity index is 346. The molecule has 0 aliphatic rings. The van der Waals surface area contributed by atoms with Crippen LogP contribution in [0.3, 0.4) is 0 Å². The molecule has 114 valence electrons. The molecule has 0 radical (unpaired) electrons. The van der Waals surface area contributed by atoms with Crippen LogP contribution < -0.4 is 5.32 Å². The standard InChI is InChI=1S/C19H33N/c1-6-11-15(3)14-18(20-5)19(16(4)7-2)17-12-9-8-10-13-17/h8-10,12-13,15-16,18-20H,6-7,11,14H2,1-5H3. The lowest BCUT2D eigenvalue weighted by Crippen LogP contribution is -2.36. The van der Waals surface area contributed by atoms with Crippen molar-refractivity contribution in [3.63, 3.8) is 0 Å². The molecule has 0 spiro atoms. The van der Waals surface area contributed by atoms with Crippen LogP contribution in [0.1, 0.15) is 64.9 Å². The Morgan fingerprint density at radius 1 is 1.05 bits per heavy atom. The van der Waals surface area contributed by atoms with Crippen LogP contribution in [-0.4, -0.2) is 13.1 Å². The summed E-state index contributed by atoms with van der Waals surface area (Å²) in [5.74, 6) is 2.13. The summed E-state index contributed by atoms with van der Waals surface area (Å²) in [5.41, 5.74) is 1.49. The lowest BCUT2D eigenvalue weighted by molar-refractivity contribution is 0.296. The highest BCUT2D eigenvalue weighted by Gasteiger charge is 2.27. The summed E-state index contributed by atoms with van der Waals surface area (Å²) in [7, 11) is 2.13. The number of rotatable bonds is 9. The molecule has 0 saturated carbocycles. The summed E-state index contributed by atoms with van der Waals surface area (Å²) in [6, 6.07) is 11.6. The number of likely N-dealkylation sites (N-methyl/N-ethyl adjacent to an activating group) is 1. The average Bonchev–Trinajstić information content (AvgIpc) is 2.47. The van der Waals surface area contributed by atoms with E-state index in [0.717, 1.165) is 5.92 Å². The van der Waals surface area contributed by atoms with Gasteiger partial charge >= 0.3 is 0 Å². The fourth-order valence-corrected chi connectivity index (χ4v) is 3.37. The first-order chi connectivity index (χ1) is 9.63. The van der Waals surface area contributed by atoms with Gasteiger partial charge in [-0.3, -0.25) is 0 Å². The fourth-order valence-electron chi connectivity index (χ4n) is 3.37. The Balaban J connectivity index is 2.90. The average molecular weight is 275 g/mol. The first-order valence-electron chi connectivity index (χ1n) is 8.36. The molecule has 1 heteroatoms. The summed E-state index contributed by atoms with van der Waals surface area (Å²) >= 11 is 0.